The summed E-state index contributed by atoms with van der Waals surface area (Å²) in [7, 11) is 0. The highest BCUT2D eigenvalue weighted by atomic mass is 35.5. The maximum absolute atomic E-state index is 5.64. The third-order valence-electron chi connectivity index (χ3n) is 1.44. The van der Waals surface area contributed by atoms with Crippen molar-refractivity contribution in [3.05, 3.63) is 34.8 Å². The lowest BCUT2D eigenvalue weighted by Gasteiger charge is -1.96. The summed E-state index contributed by atoms with van der Waals surface area (Å²) in [6.07, 6.45) is 5.95. The Kier molecular flexibility index (Phi) is 2.56. The van der Waals surface area contributed by atoms with Gasteiger partial charge in [0.05, 0.1) is 10.0 Å². The monoisotopic (exact) mass is 226 g/mol. The van der Waals surface area contributed by atoms with Crippen LogP contribution >= 0.6 is 23.2 Å². The summed E-state index contributed by atoms with van der Waals surface area (Å²) >= 11 is 11.3. The van der Waals surface area contributed by atoms with Crippen molar-refractivity contribution >= 4 is 23.2 Å². The predicted molar refractivity (Wildman–Crippen MR) is 53.1 cm³/mol. The fraction of sp³-hybridized carbons (Fsp3) is 0. The van der Waals surface area contributed by atoms with Gasteiger partial charge in [0.15, 0.2) is 11.6 Å². The first kappa shape index (κ1) is 9.30. The lowest BCUT2D eigenvalue weighted by atomic mass is 10.5. The Morgan fingerprint density at radius 3 is 1.21 bits per heavy atom. The van der Waals surface area contributed by atoms with Crippen LogP contribution in [0.4, 0.5) is 0 Å². The van der Waals surface area contributed by atoms with Crippen molar-refractivity contribution in [2.24, 2.45) is 0 Å². The van der Waals surface area contributed by atoms with Gasteiger partial charge in [0.1, 0.15) is 0 Å². The van der Waals surface area contributed by atoms with Crippen molar-refractivity contribution < 1.29 is 0 Å². The molecule has 2 aromatic heterocycles. The maximum Gasteiger partial charge on any atom is 0.197 e. The molecule has 6 heteroatoms. The normalized spacial score (nSPS) is 10.1. The molecule has 0 radical (unpaired) electrons. The number of nitrogens with zero attached hydrogens (tertiary/aromatic N) is 4. The van der Waals surface area contributed by atoms with Gasteiger partial charge in [-0.3, -0.25) is 0 Å². The zero-order valence-corrected chi connectivity index (χ0v) is 8.37. The molecule has 0 saturated carbocycles. The third-order valence-corrected chi connectivity index (χ3v) is 1.83. The van der Waals surface area contributed by atoms with E-state index in [0.717, 1.165) is 0 Å². The van der Waals surface area contributed by atoms with E-state index in [4.69, 9.17) is 23.2 Å². The van der Waals surface area contributed by atoms with E-state index in [1.165, 1.54) is 24.8 Å². The molecule has 0 aromatic carbocycles. The molecule has 0 N–H and O–H groups in total. The van der Waals surface area contributed by atoms with Crippen LogP contribution in [0.1, 0.15) is 0 Å². The lowest BCUT2D eigenvalue weighted by molar-refractivity contribution is 1.08. The molecular weight excluding hydrogens is 223 g/mol. The van der Waals surface area contributed by atoms with E-state index in [2.05, 4.69) is 19.9 Å². The first-order valence-corrected chi connectivity index (χ1v) is 4.47. The van der Waals surface area contributed by atoms with Gasteiger partial charge >= 0.3 is 0 Å². The fourth-order valence-electron chi connectivity index (χ4n) is 0.856. The fourth-order valence-corrected chi connectivity index (χ4v) is 1.05. The van der Waals surface area contributed by atoms with Crippen LogP contribution in [0.3, 0.4) is 0 Å². The van der Waals surface area contributed by atoms with Gasteiger partial charge in [-0.05, 0) is 0 Å². The van der Waals surface area contributed by atoms with E-state index in [9.17, 15) is 0 Å². The van der Waals surface area contributed by atoms with Gasteiger partial charge < -0.3 is 0 Å². The Morgan fingerprint density at radius 2 is 0.929 bits per heavy atom. The quantitative estimate of drug-likeness (QED) is 0.749. The Balaban J connectivity index is 2.40. The van der Waals surface area contributed by atoms with E-state index in [-0.39, 0.29) is 0 Å². The number of halogens is 2. The lowest BCUT2D eigenvalue weighted by Crippen LogP contribution is -1.93. The highest BCUT2D eigenvalue weighted by Gasteiger charge is 2.03. The average molecular weight is 227 g/mol. The summed E-state index contributed by atoms with van der Waals surface area (Å²) in [4.78, 5) is 15.9. The largest absolute Gasteiger partial charge is 0.232 e. The Morgan fingerprint density at radius 1 is 0.643 bits per heavy atom. The third kappa shape index (κ3) is 1.97. The minimum atomic E-state index is 0.422. The Bertz CT molecular complexity index is 383. The molecule has 2 heterocycles. The summed E-state index contributed by atoms with van der Waals surface area (Å²) in [5, 5.41) is 0.949. The summed E-state index contributed by atoms with van der Waals surface area (Å²) in [6.45, 7) is 0. The second-order valence-corrected chi connectivity index (χ2v) is 3.32. The van der Waals surface area contributed by atoms with Crippen LogP contribution in [-0.2, 0) is 0 Å². The number of rotatable bonds is 1. The van der Waals surface area contributed by atoms with Crippen LogP contribution in [0.2, 0.25) is 10.0 Å². The van der Waals surface area contributed by atoms with Gasteiger partial charge in [-0.15, -0.1) is 0 Å². The molecule has 0 aliphatic carbocycles. The van der Waals surface area contributed by atoms with Gasteiger partial charge in [-0.25, -0.2) is 19.9 Å². The molecule has 0 fully saturated rings. The van der Waals surface area contributed by atoms with Gasteiger partial charge in [0, 0.05) is 24.8 Å². The molecule has 0 bridgehead atoms. The SMILES string of the molecule is Clc1cnc(-c2ncc(Cl)cn2)nc1. The minimum absolute atomic E-state index is 0.422. The second-order valence-electron chi connectivity index (χ2n) is 2.45. The highest BCUT2D eigenvalue weighted by molar-refractivity contribution is 6.30. The molecule has 0 amide bonds. The molecule has 4 nitrogen and oxygen atoms in total. The van der Waals surface area contributed by atoms with Crippen LogP contribution < -0.4 is 0 Å². The van der Waals surface area contributed by atoms with Gasteiger partial charge in [-0.1, -0.05) is 23.2 Å². The molecule has 2 aromatic rings. The zero-order valence-electron chi connectivity index (χ0n) is 6.85. The van der Waals surface area contributed by atoms with Crippen molar-refractivity contribution in [1.82, 2.24) is 19.9 Å². The van der Waals surface area contributed by atoms with Crippen LogP contribution in [0, 0.1) is 0 Å². The second kappa shape index (κ2) is 3.86. The summed E-state index contributed by atoms with van der Waals surface area (Å²) in [5.74, 6) is 0.845. The topological polar surface area (TPSA) is 51.6 Å². The first-order valence-electron chi connectivity index (χ1n) is 3.71. The molecule has 0 aliphatic rings. The zero-order chi connectivity index (χ0) is 9.97. The van der Waals surface area contributed by atoms with E-state index >= 15 is 0 Å². The number of hydrogen-bond acceptors (Lipinski definition) is 4. The van der Waals surface area contributed by atoms with Crippen molar-refractivity contribution in [2.45, 2.75) is 0 Å². The van der Waals surface area contributed by atoms with Crippen molar-refractivity contribution in [1.29, 1.82) is 0 Å². The molecule has 0 saturated heterocycles. The standard InChI is InChI=1S/C8H4Cl2N4/c9-5-1-11-7(12-2-5)8-13-3-6(10)4-14-8/h1-4H. The molecule has 0 unspecified atom stereocenters. The molecule has 70 valence electrons. The van der Waals surface area contributed by atoms with E-state index in [0.29, 0.717) is 21.7 Å². The molecule has 0 aliphatic heterocycles. The summed E-state index contributed by atoms with van der Waals surface area (Å²) in [5.41, 5.74) is 0. The summed E-state index contributed by atoms with van der Waals surface area (Å²) < 4.78 is 0. The van der Waals surface area contributed by atoms with Gasteiger partial charge in [0.2, 0.25) is 0 Å². The molecule has 2 rings (SSSR count). The highest BCUT2D eigenvalue weighted by Crippen LogP contribution is 2.12. The molecular formula is C8H4Cl2N4. The molecule has 0 spiro atoms. The van der Waals surface area contributed by atoms with Crippen molar-refractivity contribution in [3.63, 3.8) is 0 Å². The minimum Gasteiger partial charge on any atom is -0.232 e. The van der Waals surface area contributed by atoms with Crippen LogP contribution in [0.5, 0.6) is 0 Å². The van der Waals surface area contributed by atoms with E-state index < -0.39 is 0 Å². The predicted octanol–water partition coefficient (Wildman–Crippen LogP) is 2.24. The van der Waals surface area contributed by atoms with Crippen LogP contribution in [0.25, 0.3) is 11.6 Å². The van der Waals surface area contributed by atoms with Crippen molar-refractivity contribution in [2.75, 3.05) is 0 Å². The first-order chi connectivity index (χ1) is 6.75. The van der Waals surface area contributed by atoms with Gasteiger partial charge in [0.25, 0.3) is 0 Å². The molecule has 14 heavy (non-hydrogen) atoms. The summed E-state index contributed by atoms with van der Waals surface area (Å²) in [6, 6.07) is 0. The van der Waals surface area contributed by atoms with E-state index in [1.54, 1.807) is 0 Å². The van der Waals surface area contributed by atoms with Crippen molar-refractivity contribution in [3.8, 4) is 11.6 Å². The number of hydrogen-bond donors (Lipinski definition) is 0. The van der Waals surface area contributed by atoms with Crippen LogP contribution in [-0.4, -0.2) is 19.9 Å². The number of aromatic nitrogens is 4. The Hall–Kier alpha value is -1.26. The van der Waals surface area contributed by atoms with Gasteiger partial charge in [-0.2, -0.15) is 0 Å². The van der Waals surface area contributed by atoms with E-state index in [1.807, 2.05) is 0 Å². The van der Waals surface area contributed by atoms with Crippen LogP contribution in [0.15, 0.2) is 24.8 Å². The average Bonchev–Trinajstić information content (AvgIpc) is 2.21. The maximum atomic E-state index is 5.64. The smallest absolute Gasteiger partial charge is 0.197 e. The molecule has 0 atom stereocenters. The Labute approximate surface area is 90.0 Å².